The largest absolute Gasteiger partial charge is 0.320 e. The van der Waals surface area contributed by atoms with Crippen molar-refractivity contribution in [3.8, 4) is 16.8 Å². The van der Waals surface area contributed by atoms with Crippen LogP contribution in [0.4, 0.5) is 5.69 Å². The Labute approximate surface area is 163 Å². The van der Waals surface area contributed by atoms with E-state index in [1.54, 1.807) is 23.7 Å². The van der Waals surface area contributed by atoms with Gasteiger partial charge in [-0.15, -0.1) is 11.3 Å². The van der Waals surface area contributed by atoms with E-state index in [9.17, 15) is 10.1 Å². The van der Waals surface area contributed by atoms with Gasteiger partial charge in [0.2, 0.25) is 0 Å². The number of hydrogen-bond donors (Lipinski definition) is 1. The fourth-order valence-electron chi connectivity index (χ4n) is 2.04. The van der Waals surface area contributed by atoms with Crippen LogP contribution >= 0.6 is 34.5 Å². The van der Waals surface area contributed by atoms with E-state index in [2.05, 4.69) is 15.3 Å². The van der Waals surface area contributed by atoms with E-state index in [1.165, 1.54) is 23.5 Å². The second kappa shape index (κ2) is 8.11. The predicted molar refractivity (Wildman–Crippen MR) is 104 cm³/mol. The smallest absolute Gasteiger partial charge is 0.266 e. The van der Waals surface area contributed by atoms with Gasteiger partial charge in [0.15, 0.2) is 0 Å². The molecule has 1 N–H and O–H groups in total. The molecule has 2 heterocycles. The normalized spacial score (nSPS) is 11.0. The second-order valence-electron chi connectivity index (χ2n) is 5.04. The lowest BCUT2D eigenvalue weighted by atomic mass is 10.2. The van der Waals surface area contributed by atoms with Gasteiger partial charge < -0.3 is 5.32 Å². The second-order valence-corrected chi connectivity index (χ2v) is 6.74. The summed E-state index contributed by atoms with van der Waals surface area (Å²) in [6.45, 7) is 0. The Balaban J connectivity index is 1.81. The summed E-state index contributed by atoms with van der Waals surface area (Å²) >= 11 is 13.2. The third-order valence-corrected chi connectivity index (χ3v) is 4.67. The SMILES string of the molecule is N#C/C(=C\c1csc(-c2ccccn2)n1)C(=O)Nc1ccc(Cl)cc1Cl. The molecule has 0 bridgehead atoms. The van der Waals surface area contributed by atoms with Crippen LogP contribution in [-0.2, 0) is 4.79 Å². The number of nitrogens with one attached hydrogen (secondary N) is 1. The number of nitriles is 1. The Morgan fingerprint density at radius 2 is 2.12 bits per heavy atom. The molecule has 1 aromatic carbocycles. The van der Waals surface area contributed by atoms with Gasteiger partial charge in [0, 0.05) is 16.6 Å². The van der Waals surface area contributed by atoms with Gasteiger partial charge in [-0.3, -0.25) is 9.78 Å². The number of thiazole rings is 1. The molecule has 0 radical (unpaired) electrons. The first-order chi connectivity index (χ1) is 12.6. The molecule has 128 valence electrons. The number of carbonyl (C=O) groups excluding carboxylic acids is 1. The average Bonchev–Trinajstić information content (AvgIpc) is 3.11. The van der Waals surface area contributed by atoms with Gasteiger partial charge >= 0.3 is 0 Å². The summed E-state index contributed by atoms with van der Waals surface area (Å²) in [5.41, 5.74) is 1.51. The lowest BCUT2D eigenvalue weighted by molar-refractivity contribution is -0.112. The number of nitrogens with zero attached hydrogens (tertiary/aromatic N) is 3. The van der Waals surface area contributed by atoms with E-state index in [0.717, 1.165) is 5.69 Å². The number of benzene rings is 1. The fourth-order valence-corrected chi connectivity index (χ4v) is 3.24. The fraction of sp³-hybridized carbons (Fsp3) is 0. The Kier molecular flexibility index (Phi) is 5.64. The van der Waals surface area contributed by atoms with Crippen molar-refractivity contribution in [1.29, 1.82) is 5.26 Å². The Hall–Kier alpha value is -2.72. The monoisotopic (exact) mass is 400 g/mol. The number of anilines is 1. The highest BCUT2D eigenvalue weighted by Crippen LogP contribution is 2.26. The molecule has 26 heavy (non-hydrogen) atoms. The van der Waals surface area contributed by atoms with Crippen molar-refractivity contribution >= 4 is 52.2 Å². The summed E-state index contributed by atoms with van der Waals surface area (Å²) in [5.74, 6) is -0.580. The van der Waals surface area contributed by atoms with Crippen LogP contribution in [0.25, 0.3) is 16.8 Å². The van der Waals surface area contributed by atoms with Crippen LogP contribution in [-0.4, -0.2) is 15.9 Å². The van der Waals surface area contributed by atoms with Crippen LogP contribution in [0.1, 0.15) is 5.69 Å². The summed E-state index contributed by atoms with van der Waals surface area (Å²) < 4.78 is 0. The number of aromatic nitrogens is 2. The number of amides is 1. The molecular formula is C18H10Cl2N4OS. The van der Waals surface area contributed by atoms with Crippen molar-refractivity contribution in [2.75, 3.05) is 5.32 Å². The molecule has 0 fully saturated rings. The van der Waals surface area contributed by atoms with Crippen molar-refractivity contribution in [2.24, 2.45) is 0 Å². The van der Waals surface area contributed by atoms with E-state index >= 15 is 0 Å². The first-order valence-corrected chi connectivity index (χ1v) is 8.95. The quantitative estimate of drug-likeness (QED) is 0.490. The zero-order valence-electron chi connectivity index (χ0n) is 13.1. The van der Waals surface area contributed by atoms with Crippen LogP contribution in [0.2, 0.25) is 10.0 Å². The van der Waals surface area contributed by atoms with Crippen LogP contribution in [0.15, 0.2) is 53.5 Å². The molecule has 5 nitrogen and oxygen atoms in total. The standard InChI is InChI=1S/C18H10Cl2N4OS/c19-12-4-5-15(14(20)8-12)24-17(25)11(9-21)7-13-10-26-18(23-13)16-3-1-2-6-22-16/h1-8,10H,(H,24,25)/b11-7+. The summed E-state index contributed by atoms with van der Waals surface area (Å²) in [5, 5.41) is 15.1. The average molecular weight is 401 g/mol. The summed E-state index contributed by atoms with van der Waals surface area (Å²) in [4.78, 5) is 21.0. The van der Waals surface area contributed by atoms with E-state index in [1.807, 2.05) is 24.3 Å². The lowest BCUT2D eigenvalue weighted by Crippen LogP contribution is -2.13. The molecule has 0 spiro atoms. The minimum absolute atomic E-state index is 0.0890. The van der Waals surface area contributed by atoms with Gasteiger partial charge in [-0.25, -0.2) is 4.98 Å². The Morgan fingerprint density at radius 1 is 1.27 bits per heavy atom. The molecule has 0 aliphatic rings. The number of carbonyl (C=O) groups is 1. The van der Waals surface area contributed by atoms with Gasteiger partial charge in [-0.1, -0.05) is 29.3 Å². The molecule has 3 aromatic rings. The van der Waals surface area contributed by atoms with Crippen LogP contribution in [0.3, 0.4) is 0 Å². The van der Waals surface area contributed by atoms with Crippen molar-refractivity contribution in [1.82, 2.24) is 9.97 Å². The highest BCUT2D eigenvalue weighted by Gasteiger charge is 2.13. The molecule has 0 atom stereocenters. The maximum atomic E-state index is 12.3. The van der Waals surface area contributed by atoms with E-state index in [-0.39, 0.29) is 10.6 Å². The van der Waals surface area contributed by atoms with Crippen molar-refractivity contribution in [3.63, 3.8) is 0 Å². The van der Waals surface area contributed by atoms with Crippen LogP contribution < -0.4 is 5.32 Å². The van der Waals surface area contributed by atoms with E-state index in [0.29, 0.717) is 21.4 Å². The van der Waals surface area contributed by atoms with Gasteiger partial charge in [-0.2, -0.15) is 5.26 Å². The van der Waals surface area contributed by atoms with Crippen molar-refractivity contribution in [3.05, 3.63) is 69.3 Å². The number of halogens is 2. The molecule has 0 unspecified atom stereocenters. The Morgan fingerprint density at radius 3 is 2.81 bits per heavy atom. The minimum atomic E-state index is -0.580. The zero-order chi connectivity index (χ0) is 18.5. The Bertz CT molecular complexity index is 1030. The molecule has 0 aliphatic heterocycles. The van der Waals surface area contributed by atoms with Crippen molar-refractivity contribution < 1.29 is 4.79 Å². The third kappa shape index (κ3) is 4.27. The van der Waals surface area contributed by atoms with Gasteiger partial charge in [-0.05, 0) is 36.4 Å². The van der Waals surface area contributed by atoms with E-state index < -0.39 is 5.91 Å². The highest BCUT2D eigenvalue weighted by atomic mass is 35.5. The number of hydrogen-bond acceptors (Lipinski definition) is 5. The first kappa shape index (κ1) is 18.1. The van der Waals surface area contributed by atoms with Crippen LogP contribution in [0.5, 0.6) is 0 Å². The molecule has 0 saturated heterocycles. The van der Waals surface area contributed by atoms with Crippen molar-refractivity contribution in [2.45, 2.75) is 0 Å². The van der Waals surface area contributed by atoms with Gasteiger partial charge in [0.1, 0.15) is 16.6 Å². The minimum Gasteiger partial charge on any atom is -0.320 e. The van der Waals surface area contributed by atoms with E-state index in [4.69, 9.17) is 23.2 Å². The third-order valence-electron chi connectivity index (χ3n) is 3.24. The molecule has 8 heteroatoms. The highest BCUT2D eigenvalue weighted by molar-refractivity contribution is 7.13. The summed E-state index contributed by atoms with van der Waals surface area (Å²) in [6.07, 6.45) is 3.10. The topological polar surface area (TPSA) is 78.7 Å². The van der Waals surface area contributed by atoms with Gasteiger partial charge in [0.25, 0.3) is 5.91 Å². The number of pyridine rings is 1. The lowest BCUT2D eigenvalue weighted by Gasteiger charge is -2.06. The first-order valence-electron chi connectivity index (χ1n) is 7.32. The molecule has 3 rings (SSSR count). The molecule has 0 saturated carbocycles. The molecule has 1 amide bonds. The summed E-state index contributed by atoms with van der Waals surface area (Å²) in [6, 6.07) is 12.1. The number of rotatable bonds is 4. The summed E-state index contributed by atoms with van der Waals surface area (Å²) in [7, 11) is 0. The molecule has 0 aliphatic carbocycles. The predicted octanol–water partition coefficient (Wildman–Crippen LogP) is 5.06. The zero-order valence-corrected chi connectivity index (χ0v) is 15.4. The van der Waals surface area contributed by atoms with Gasteiger partial charge in [0.05, 0.1) is 22.1 Å². The van der Waals surface area contributed by atoms with Crippen LogP contribution in [0, 0.1) is 11.3 Å². The maximum absolute atomic E-state index is 12.3. The molecule has 2 aromatic heterocycles. The molecular weight excluding hydrogens is 391 g/mol. The maximum Gasteiger partial charge on any atom is 0.266 e.